The minimum absolute atomic E-state index is 0.0590. The van der Waals surface area contributed by atoms with Crippen LogP contribution in [0.4, 0.5) is 16.2 Å². The first-order valence-corrected chi connectivity index (χ1v) is 10.5. The van der Waals surface area contributed by atoms with E-state index in [1.165, 1.54) is 43.3 Å². The fourth-order valence-corrected chi connectivity index (χ4v) is 3.96. The number of pyridine rings is 1. The van der Waals surface area contributed by atoms with Crippen LogP contribution in [0.2, 0.25) is 0 Å². The molecule has 0 spiro atoms. The van der Waals surface area contributed by atoms with Crippen LogP contribution in [0.15, 0.2) is 82.8 Å². The first kappa shape index (κ1) is 21.0. The van der Waals surface area contributed by atoms with Crippen molar-refractivity contribution in [1.82, 2.24) is 10.3 Å². The number of aromatic nitrogens is 1. The van der Waals surface area contributed by atoms with Crippen molar-refractivity contribution in [3.05, 3.63) is 78.6 Å². The van der Waals surface area contributed by atoms with E-state index < -0.39 is 15.9 Å². The van der Waals surface area contributed by atoms with E-state index in [0.717, 1.165) is 5.56 Å². The van der Waals surface area contributed by atoms with Crippen molar-refractivity contribution >= 4 is 33.2 Å². The Labute approximate surface area is 174 Å². The van der Waals surface area contributed by atoms with Gasteiger partial charge in [-0.05, 0) is 54.1 Å². The number of hydrogen-bond acceptors (Lipinski definition) is 5. The molecule has 3 rings (SSSR count). The minimum Gasteiger partial charge on any atom is -0.334 e. The first-order valence-electron chi connectivity index (χ1n) is 9.01. The zero-order valence-electron chi connectivity index (χ0n) is 16.1. The monoisotopic (exact) mass is 424 g/mol. The predicted octanol–water partition coefficient (Wildman–Crippen LogP) is 3.19. The average molecular weight is 424 g/mol. The largest absolute Gasteiger partial charge is 0.334 e. The Morgan fingerprint density at radius 3 is 2.33 bits per heavy atom. The van der Waals surface area contributed by atoms with Gasteiger partial charge in [-0.1, -0.05) is 12.1 Å². The molecule has 0 aliphatic rings. The fraction of sp³-hybridized carbons (Fsp3) is 0.0952. The van der Waals surface area contributed by atoms with Crippen LogP contribution >= 0.6 is 0 Å². The molecule has 0 atom stereocenters. The highest BCUT2D eigenvalue weighted by Crippen LogP contribution is 2.24. The Hall–Kier alpha value is -3.72. The Morgan fingerprint density at radius 1 is 0.900 bits per heavy atom. The topological polar surface area (TPSA) is 117 Å². The van der Waals surface area contributed by atoms with E-state index in [9.17, 15) is 18.0 Å². The standard InChI is InChI=1S/C21H20N4O4S/c1-15(26)24-18-5-2-6-20(12-18)30(28,29)19-9-7-17(8-10-19)25-21(27)23-14-16-4-3-11-22-13-16/h2-13H,14H2,1H3,(H,24,26)(H2,23,25,27). The molecule has 3 aromatic rings. The number of urea groups is 1. The highest BCUT2D eigenvalue weighted by atomic mass is 32.2. The SMILES string of the molecule is CC(=O)Nc1cccc(S(=O)(=O)c2ccc(NC(=O)NCc3cccnc3)cc2)c1. The van der Waals surface area contributed by atoms with Crippen molar-refractivity contribution in [2.24, 2.45) is 0 Å². The highest BCUT2D eigenvalue weighted by Gasteiger charge is 2.18. The number of hydrogen-bond donors (Lipinski definition) is 3. The van der Waals surface area contributed by atoms with Crippen LogP contribution in [0.5, 0.6) is 0 Å². The van der Waals surface area contributed by atoms with Gasteiger partial charge in [0.05, 0.1) is 9.79 Å². The quantitative estimate of drug-likeness (QED) is 0.562. The fourth-order valence-electron chi connectivity index (χ4n) is 2.66. The van der Waals surface area contributed by atoms with Gasteiger partial charge in [0, 0.05) is 37.2 Å². The zero-order valence-corrected chi connectivity index (χ0v) is 16.9. The molecule has 30 heavy (non-hydrogen) atoms. The number of carbonyl (C=O) groups excluding carboxylic acids is 2. The van der Waals surface area contributed by atoms with Crippen molar-refractivity contribution < 1.29 is 18.0 Å². The molecule has 9 heteroatoms. The molecular formula is C21H20N4O4S. The van der Waals surface area contributed by atoms with Gasteiger partial charge in [-0.15, -0.1) is 0 Å². The van der Waals surface area contributed by atoms with Crippen LogP contribution in [-0.4, -0.2) is 25.3 Å². The second-order valence-corrected chi connectivity index (χ2v) is 8.36. The molecule has 154 valence electrons. The molecule has 0 radical (unpaired) electrons. The van der Waals surface area contributed by atoms with Crippen LogP contribution in [0.1, 0.15) is 12.5 Å². The number of benzene rings is 2. The number of nitrogens with zero attached hydrogens (tertiary/aromatic N) is 1. The van der Waals surface area contributed by atoms with E-state index in [1.807, 2.05) is 6.07 Å². The normalized spacial score (nSPS) is 10.8. The zero-order chi connectivity index (χ0) is 21.6. The van der Waals surface area contributed by atoms with E-state index in [4.69, 9.17) is 0 Å². The second-order valence-electron chi connectivity index (χ2n) is 6.41. The third kappa shape index (κ3) is 5.42. The third-order valence-corrected chi connectivity index (χ3v) is 5.83. The van der Waals surface area contributed by atoms with Gasteiger partial charge >= 0.3 is 6.03 Å². The van der Waals surface area contributed by atoms with Crippen LogP contribution in [0.3, 0.4) is 0 Å². The molecule has 3 N–H and O–H groups in total. The van der Waals surface area contributed by atoms with E-state index >= 15 is 0 Å². The van der Waals surface area contributed by atoms with Gasteiger partial charge in [0.25, 0.3) is 0 Å². The molecule has 2 aromatic carbocycles. The summed E-state index contributed by atoms with van der Waals surface area (Å²) >= 11 is 0. The summed E-state index contributed by atoms with van der Waals surface area (Å²) in [7, 11) is -3.78. The summed E-state index contributed by atoms with van der Waals surface area (Å²) in [5.74, 6) is -0.290. The summed E-state index contributed by atoms with van der Waals surface area (Å²) in [6.45, 7) is 1.66. The van der Waals surface area contributed by atoms with Gasteiger partial charge in [-0.3, -0.25) is 9.78 Å². The average Bonchev–Trinajstić information content (AvgIpc) is 2.73. The Balaban J connectivity index is 1.67. The first-order chi connectivity index (χ1) is 14.3. The van der Waals surface area contributed by atoms with E-state index in [0.29, 0.717) is 17.9 Å². The number of amides is 3. The van der Waals surface area contributed by atoms with Crippen molar-refractivity contribution in [1.29, 1.82) is 0 Å². The molecule has 0 aliphatic heterocycles. The molecular weight excluding hydrogens is 404 g/mol. The molecule has 0 saturated carbocycles. The maximum atomic E-state index is 12.8. The van der Waals surface area contributed by atoms with Gasteiger partial charge in [0.1, 0.15) is 0 Å². The number of nitrogens with one attached hydrogen (secondary N) is 3. The van der Waals surface area contributed by atoms with Gasteiger partial charge in [-0.2, -0.15) is 0 Å². The molecule has 0 aliphatic carbocycles. The predicted molar refractivity (Wildman–Crippen MR) is 113 cm³/mol. The Kier molecular flexibility index (Phi) is 6.43. The number of sulfone groups is 1. The summed E-state index contributed by atoms with van der Waals surface area (Å²) in [5.41, 5.74) is 1.70. The lowest BCUT2D eigenvalue weighted by Gasteiger charge is -2.10. The lowest BCUT2D eigenvalue weighted by molar-refractivity contribution is -0.114. The van der Waals surface area contributed by atoms with Crippen LogP contribution in [0, 0.1) is 0 Å². The summed E-state index contributed by atoms with van der Waals surface area (Å²) in [5, 5.41) is 7.91. The van der Waals surface area contributed by atoms with Crippen molar-refractivity contribution in [2.45, 2.75) is 23.3 Å². The summed E-state index contributed by atoms with van der Waals surface area (Å²) in [4.78, 5) is 27.3. The number of anilines is 2. The summed E-state index contributed by atoms with van der Waals surface area (Å²) in [6.07, 6.45) is 3.30. The molecule has 0 fully saturated rings. The van der Waals surface area contributed by atoms with Crippen molar-refractivity contribution in [3.8, 4) is 0 Å². The number of carbonyl (C=O) groups is 2. The summed E-state index contributed by atoms with van der Waals surface area (Å²) < 4.78 is 25.7. The molecule has 3 amide bonds. The van der Waals surface area contributed by atoms with Crippen LogP contribution in [-0.2, 0) is 21.2 Å². The van der Waals surface area contributed by atoms with Gasteiger partial charge < -0.3 is 16.0 Å². The maximum Gasteiger partial charge on any atom is 0.319 e. The van der Waals surface area contributed by atoms with Crippen molar-refractivity contribution in [2.75, 3.05) is 10.6 Å². The van der Waals surface area contributed by atoms with Crippen molar-refractivity contribution in [3.63, 3.8) is 0 Å². The van der Waals surface area contributed by atoms with Crippen LogP contribution in [0.25, 0.3) is 0 Å². The maximum absolute atomic E-state index is 12.8. The molecule has 0 bridgehead atoms. The molecule has 0 saturated heterocycles. The van der Waals surface area contributed by atoms with Crippen LogP contribution < -0.4 is 16.0 Å². The van der Waals surface area contributed by atoms with E-state index in [2.05, 4.69) is 20.9 Å². The molecule has 1 aromatic heterocycles. The third-order valence-electron chi connectivity index (χ3n) is 4.06. The second kappa shape index (κ2) is 9.19. The minimum atomic E-state index is -3.78. The smallest absolute Gasteiger partial charge is 0.319 e. The Bertz CT molecular complexity index is 1150. The lowest BCUT2D eigenvalue weighted by atomic mass is 10.3. The summed E-state index contributed by atoms with van der Waals surface area (Å²) in [6, 6.07) is 15.1. The van der Waals surface area contributed by atoms with E-state index in [1.54, 1.807) is 30.6 Å². The van der Waals surface area contributed by atoms with Gasteiger partial charge in [-0.25, -0.2) is 13.2 Å². The highest BCUT2D eigenvalue weighted by molar-refractivity contribution is 7.91. The van der Waals surface area contributed by atoms with E-state index in [-0.39, 0.29) is 15.7 Å². The Morgan fingerprint density at radius 2 is 1.67 bits per heavy atom. The van der Waals surface area contributed by atoms with Gasteiger partial charge in [0.15, 0.2) is 0 Å². The number of rotatable bonds is 6. The lowest BCUT2D eigenvalue weighted by Crippen LogP contribution is -2.28. The molecule has 0 unspecified atom stereocenters. The van der Waals surface area contributed by atoms with Gasteiger partial charge in [0.2, 0.25) is 15.7 Å². The molecule has 8 nitrogen and oxygen atoms in total. The molecule has 1 heterocycles.